The Balaban J connectivity index is 1.71. The van der Waals surface area contributed by atoms with Crippen LogP contribution in [-0.4, -0.2) is 51.4 Å². The number of halogens is 1. The van der Waals surface area contributed by atoms with Gasteiger partial charge in [0, 0.05) is 36.9 Å². The zero-order valence-electron chi connectivity index (χ0n) is 14.2. The summed E-state index contributed by atoms with van der Waals surface area (Å²) in [6, 6.07) is 11.4. The molecule has 0 spiro atoms. The van der Waals surface area contributed by atoms with E-state index in [1.54, 1.807) is 6.07 Å². The quantitative estimate of drug-likeness (QED) is 0.780. The lowest BCUT2D eigenvalue weighted by molar-refractivity contribution is 0.0596. The smallest absolute Gasteiger partial charge is 0.343 e. The van der Waals surface area contributed by atoms with Crippen molar-refractivity contribution >= 4 is 29.1 Å². The largest absolute Gasteiger partial charge is 0.480 e. The number of carbonyl (C=O) groups is 1. The molecule has 1 aromatic carbocycles. The number of carbonyl (C=O) groups excluding carboxylic acids is 1. The molecule has 7 heteroatoms. The second kappa shape index (κ2) is 7.61. The van der Waals surface area contributed by atoms with Gasteiger partial charge in [-0.3, -0.25) is 0 Å². The molecule has 3 rings (SSSR count). The van der Waals surface area contributed by atoms with Gasteiger partial charge in [-0.25, -0.2) is 4.79 Å². The standard InChI is InChI=1S/C18H20ClN3O3/c1-24-17-15(18(23)25-2)6-7-16(20-17)22-10-8-21(9-11-22)14-5-3-4-13(19)12-14/h3-7,12H,8-11H2,1-2H3. The maximum atomic E-state index is 11.7. The molecule has 0 aliphatic carbocycles. The summed E-state index contributed by atoms with van der Waals surface area (Å²) in [5, 5.41) is 0.740. The topological polar surface area (TPSA) is 54.9 Å². The van der Waals surface area contributed by atoms with Crippen molar-refractivity contribution in [2.24, 2.45) is 0 Å². The van der Waals surface area contributed by atoms with Gasteiger partial charge in [-0.15, -0.1) is 0 Å². The van der Waals surface area contributed by atoms with Crippen LogP contribution in [0.15, 0.2) is 36.4 Å². The van der Waals surface area contributed by atoms with E-state index >= 15 is 0 Å². The fourth-order valence-corrected chi connectivity index (χ4v) is 3.08. The molecule has 0 unspecified atom stereocenters. The summed E-state index contributed by atoms with van der Waals surface area (Å²) < 4.78 is 9.99. The highest BCUT2D eigenvalue weighted by atomic mass is 35.5. The second-order valence-electron chi connectivity index (χ2n) is 5.67. The number of nitrogens with zero attached hydrogens (tertiary/aromatic N) is 3. The van der Waals surface area contributed by atoms with Crippen LogP contribution in [0.5, 0.6) is 5.88 Å². The summed E-state index contributed by atoms with van der Waals surface area (Å²) in [5.41, 5.74) is 1.45. The van der Waals surface area contributed by atoms with Crippen LogP contribution in [0.25, 0.3) is 0 Å². The third-order valence-electron chi connectivity index (χ3n) is 4.22. The van der Waals surface area contributed by atoms with Crippen molar-refractivity contribution in [3.8, 4) is 5.88 Å². The van der Waals surface area contributed by atoms with E-state index in [4.69, 9.17) is 21.1 Å². The Labute approximate surface area is 151 Å². The van der Waals surface area contributed by atoms with E-state index in [0.29, 0.717) is 5.56 Å². The molecule has 132 valence electrons. The Hall–Kier alpha value is -2.47. The minimum atomic E-state index is -0.457. The van der Waals surface area contributed by atoms with Crippen LogP contribution in [0.2, 0.25) is 5.02 Å². The molecule has 1 aliphatic heterocycles. The van der Waals surface area contributed by atoms with Crippen LogP contribution in [0, 0.1) is 0 Å². The highest BCUT2D eigenvalue weighted by molar-refractivity contribution is 6.30. The van der Waals surface area contributed by atoms with Gasteiger partial charge in [-0.05, 0) is 30.3 Å². The molecule has 2 aromatic rings. The average Bonchev–Trinajstić information content (AvgIpc) is 2.67. The van der Waals surface area contributed by atoms with Crippen LogP contribution in [0.3, 0.4) is 0 Å². The van der Waals surface area contributed by atoms with Crippen molar-refractivity contribution in [1.29, 1.82) is 0 Å². The third-order valence-corrected chi connectivity index (χ3v) is 4.46. The number of pyridine rings is 1. The molecule has 0 radical (unpaired) electrons. The predicted octanol–water partition coefficient (Wildman–Crippen LogP) is 2.86. The first-order valence-corrected chi connectivity index (χ1v) is 8.39. The Morgan fingerprint density at radius 2 is 1.80 bits per heavy atom. The van der Waals surface area contributed by atoms with Crippen molar-refractivity contribution in [3.63, 3.8) is 0 Å². The number of methoxy groups -OCH3 is 2. The fraction of sp³-hybridized carbons (Fsp3) is 0.333. The lowest BCUT2D eigenvalue weighted by Gasteiger charge is -2.36. The molecule has 6 nitrogen and oxygen atoms in total. The number of aromatic nitrogens is 1. The van der Waals surface area contributed by atoms with Gasteiger partial charge < -0.3 is 19.3 Å². The minimum Gasteiger partial charge on any atom is -0.480 e. The van der Waals surface area contributed by atoms with E-state index in [-0.39, 0.29) is 5.88 Å². The van der Waals surface area contributed by atoms with Crippen molar-refractivity contribution in [2.75, 3.05) is 50.2 Å². The van der Waals surface area contributed by atoms with E-state index in [1.165, 1.54) is 14.2 Å². The van der Waals surface area contributed by atoms with Crippen molar-refractivity contribution in [1.82, 2.24) is 4.98 Å². The second-order valence-corrected chi connectivity index (χ2v) is 6.11. The first-order chi connectivity index (χ1) is 12.1. The van der Waals surface area contributed by atoms with E-state index in [2.05, 4.69) is 20.9 Å². The molecule has 1 fully saturated rings. The molecule has 0 saturated carbocycles. The molecule has 25 heavy (non-hydrogen) atoms. The zero-order chi connectivity index (χ0) is 17.8. The fourth-order valence-electron chi connectivity index (χ4n) is 2.89. The van der Waals surface area contributed by atoms with Crippen LogP contribution >= 0.6 is 11.6 Å². The highest BCUT2D eigenvalue weighted by Gasteiger charge is 2.21. The minimum absolute atomic E-state index is 0.279. The van der Waals surface area contributed by atoms with Gasteiger partial charge in [0.05, 0.1) is 14.2 Å². The zero-order valence-corrected chi connectivity index (χ0v) is 15.0. The number of hydrogen-bond donors (Lipinski definition) is 0. The summed E-state index contributed by atoms with van der Waals surface area (Å²) in [6.45, 7) is 3.37. The molecule has 0 N–H and O–H groups in total. The Kier molecular flexibility index (Phi) is 5.28. The van der Waals surface area contributed by atoms with Crippen LogP contribution in [-0.2, 0) is 4.74 Å². The number of ether oxygens (including phenoxy) is 2. The molecule has 1 aliphatic rings. The number of rotatable bonds is 4. The highest BCUT2D eigenvalue weighted by Crippen LogP contribution is 2.25. The van der Waals surface area contributed by atoms with E-state index in [0.717, 1.165) is 42.7 Å². The molecule has 2 heterocycles. The summed E-state index contributed by atoms with van der Waals surface area (Å²) >= 11 is 6.08. The van der Waals surface area contributed by atoms with Crippen molar-refractivity contribution in [3.05, 3.63) is 47.0 Å². The van der Waals surface area contributed by atoms with Gasteiger partial charge in [-0.2, -0.15) is 4.98 Å². The number of piperazine rings is 1. The molecular formula is C18H20ClN3O3. The third kappa shape index (κ3) is 3.79. The maximum Gasteiger partial charge on any atom is 0.343 e. The van der Waals surface area contributed by atoms with E-state index < -0.39 is 5.97 Å². The lowest BCUT2D eigenvalue weighted by atomic mass is 10.2. The van der Waals surface area contributed by atoms with Crippen LogP contribution in [0.4, 0.5) is 11.5 Å². The first-order valence-electron chi connectivity index (χ1n) is 8.01. The average molecular weight is 362 g/mol. The van der Waals surface area contributed by atoms with Gasteiger partial charge in [0.25, 0.3) is 0 Å². The molecule has 1 aromatic heterocycles. The molecule has 0 atom stereocenters. The van der Waals surface area contributed by atoms with Gasteiger partial charge >= 0.3 is 5.97 Å². The molecule has 1 saturated heterocycles. The number of esters is 1. The van der Waals surface area contributed by atoms with Crippen molar-refractivity contribution in [2.45, 2.75) is 0 Å². The number of anilines is 2. The Morgan fingerprint density at radius 3 is 2.44 bits per heavy atom. The predicted molar refractivity (Wildman–Crippen MR) is 98.0 cm³/mol. The van der Waals surface area contributed by atoms with Crippen molar-refractivity contribution < 1.29 is 14.3 Å². The van der Waals surface area contributed by atoms with Gasteiger partial charge in [-0.1, -0.05) is 17.7 Å². The molecule has 0 bridgehead atoms. The van der Waals surface area contributed by atoms with Gasteiger partial charge in [0.15, 0.2) is 0 Å². The number of hydrogen-bond acceptors (Lipinski definition) is 6. The Bertz CT molecular complexity index is 761. The van der Waals surface area contributed by atoms with E-state index in [1.807, 2.05) is 24.3 Å². The summed E-state index contributed by atoms with van der Waals surface area (Å²) in [6.07, 6.45) is 0. The normalized spacial score (nSPS) is 14.4. The molecular weight excluding hydrogens is 342 g/mol. The first kappa shape index (κ1) is 17.4. The monoisotopic (exact) mass is 361 g/mol. The van der Waals surface area contributed by atoms with Crippen LogP contribution in [0.1, 0.15) is 10.4 Å². The van der Waals surface area contributed by atoms with Gasteiger partial charge in [0.1, 0.15) is 11.4 Å². The summed E-state index contributed by atoms with van der Waals surface area (Å²) in [7, 11) is 2.83. The molecule has 0 amide bonds. The SMILES string of the molecule is COC(=O)c1ccc(N2CCN(c3cccc(Cl)c3)CC2)nc1OC. The van der Waals surface area contributed by atoms with E-state index in [9.17, 15) is 4.79 Å². The summed E-state index contributed by atoms with van der Waals surface area (Å²) in [4.78, 5) is 20.7. The lowest BCUT2D eigenvalue weighted by Crippen LogP contribution is -2.46. The Morgan fingerprint density at radius 1 is 1.08 bits per heavy atom. The van der Waals surface area contributed by atoms with Crippen LogP contribution < -0.4 is 14.5 Å². The number of benzene rings is 1. The van der Waals surface area contributed by atoms with Gasteiger partial charge in [0.2, 0.25) is 5.88 Å². The summed E-state index contributed by atoms with van der Waals surface area (Å²) in [5.74, 6) is 0.610. The maximum absolute atomic E-state index is 11.7.